The summed E-state index contributed by atoms with van der Waals surface area (Å²) in [6.07, 6.45) is 6.79. The van der Waals surface area contributed by atoms with E-state index < -0.39 is 0 Å². The second-order valence-corrected chi connectivity index (χ2v) is 14.4. The number of benzene rings is 6. The Kier molecular flexibility index (Phi) is 14.8. The average molecular weight is 870 g/mol. The summed E-state index contributed by atoms with van der Waals surface area (Å²) in [5, 5.41) is 22.5. The fourth-order valence-electron chi connectivity index (χ4n) is 6.69. The van der Waals surface area contributed by atoms with E-state index in [1.165, 1.54) is 18.8 Å². The standard InChI is InChI=1S/C25H22N2O3.C23H16Cl2N2O3.2CH4/c1-16-11-13-21(17(2)15-16)27-23(26-20-9-5-4-8-19(20)25(27)29)14-12-18-7-6-10-22(30-3)24(18)28;1-30-20-8-4-5-14(22(20)28)9-12-21-26-19-7-3-2-6-16(19)23(29)27(21)15-10-11-17(24)18(25)13-15;;/h4-15,28H,1-3H3;2-13,28H,1H3;2*1H4/b14-12+;12-9+;;. The maximum atomic E-state index is 13.4. The topological polar surface area (TPSA) is 129 Å². The molecular formula is C50H46Cl2N4O6. The van der Waals surface area contributed by atoms with Crippen molar-refractivity contribution in [2.24, 2.45) is 0 Å². The molecule has 62 heavy (non-hydrogen) atoms. The first-order valence-electron chi connectivity index (χ1n) is 18.6. The van der Waals surface area contributed by atoms with Gasteiger partial charge < -0.3 is 19.7 Å². The van der Waals surface area contributed by atoms with Gasteiger partial charge in [-0.25, -0.2) is 9.97 Å². The first-order valence-corrected chi connectivity index (χ1v) is 19.4. The third-order valence-electron chi connectivity index (χ3n) is 9.68. The zero-order valence-corrected chi connectivity index (χ0v) is 34.4. The summed E-state index contributed by atoms with van der Waals surface area (Å²) in [5.74, 6) is 1.63. The Balaban J connectivity index is 0.000000227. The molecule has 0 atom stereocenters. The van der Waals surface area contributed by atoms with Crippen LogP contribution in [0.2, 0.25) is 10.0 Å². The highest BCUT2D eigenvalue weighted by molar-refractivity contribution is 6.42. The van der Waals surface area contributed by atoms with Crippen LogP contribution in [-0.2, 0) is 0 Å². The number of methoxy groups -OCH3 is 2. The van der Waals surface area contributed by atoms with Crippen LogP contribution in [0.25, 0.3) is 57.5 Å². The van der Waals surface area contributed by atoms with E-state index in [1.807, 2.05) is 56.3 Å². The lowest BCUT2D eigenvalue weighted by atomic mass is 10.1. The summed E-state index contributed by atoms with van der Waals surface area (Å²) >= 11 is 12.2. The molecule has 0 saturated carbocycles. The van der Waals surface area contributed by atoms with E-state index in [2.05, 4.69) is 4.98 Å². The van der Waals surface area contributed by atoms with Gasteiger partial charge in [-0.15, -0.1) is 0 Å². The van der Waals surface area contributed by atoms with Crippen LogP contribution in [0.3, 0.4) is 0 Å². The minimum absolute atomic E-state index is 0. The summed E-state index contributed by atoms with van der Waals surface area (Å²) in [7, 11) is 2.99. The number of phenolic OH excluding ortho intramolecular Hbond substituents is 2. The summed E-state index contributed by atoms with van der Waals surface area (Å²) < 4.78 is 13.4. The van der Waals surface area contributed by atoms with Crippen molar-refractivity contribution in [3.8, 4) is 34.4 Å². The number of ether oxygens (including phenoxy) is 2. The van der Waals surface area contributed by atoms with Crippen LogP contribution in [0.15, 0.2) is 131 Å². The number of aryl methyl sites for hydroxylation is 2. The second-order valence-electron chi connectivity index (χ2n) is 13.6. The number of aromatic nitrogens is 4. The van der Waals surface area contributed by atoms with Gasteiger partial charge in [0.2, 0.25) is 0 Å². The molecule has 0 aliphatic carbocycles. The van der Waals surface area contributed by atoms with Crippen LogP contribution >= 0.6 is 23.2 Å². The van der Waals surface area contributed by atoms with Crippen molar-refractivity contribution in [3.63, 3.8) is 0 Å². The van der Waals surface area contributed by atoms with Gasteiger partial charge in [0.25, 0.3) is 11.1 Å². The van der Waals surface area contributed by atoms with Crippen molar-refractivity contribution in [1.82, 2.24) is 19.1 Å². The van der Waals surface area contributed by atoms with Crippen molar-refractivity contribution in [3.05, 3.63) is 186 Å². The fraction of sp³-hybridized carbons (Fsp3) is 0.120. The van der Waals surface area contributed by atoms with Gasteiger partial charge >= 0.3 is 0 Å². The van der Waals surface area contributed by atoms with Gasteiger partial charge in [0, 0.05) is 11.1 Å². The predicted octanol–water partition coefficient (Wildman–Crippen LogP) is 11.7. The van der Waals surface area contributed by atoms with Crippen molar-refractivity contribution in [2.75, 3.05) is 14.2 Å². The molecule has 10 nitrogen and oxygen atoms in total. The highest BCUT2D eigenvalue weighted by atomic mass is 35.5. The van der Waals surface area contributed by atoms with E-state index in [4.69, 9.17) is 37.7 Å². The summed E-state index contributed by atoms with van der Waals surface area (Å²) in [6, 6.07) is 35.7. The molecule has 6 aromatic carbocycles. The van der Waals surface area contributed by atoms with Crippen molar-refractivity contribution in [1.29, 1.82) is 0 Å². The molecule has 2 aromatic heterocycles. The number of phenols is 2. The number of hydrogen-bond donors (Lipinski definition) is 2. The molecule has 2 heterocycles. The molecule has 0 bridgehead atoms. The molecule has 0 unspecified atom stereocenters. The van der Waals surface area contributed by atoms with Gasteiger partial charge in [-0.05, 0) is 104 Å². The first kappa shape index (κ1) is 45.9. The van der Waals surface area contributed by atoms with E-state index in [-0.39, 0.29) is 37.5 Å². The molecule has 12 heteroatoms. The van der Waals surface area contributed by atoms with E-state index in [0.29, 0.717) is 71.8 Å². The summed E-state index contributed by atoms with van der Waals surface area (Å²) in [5.41, 5.74) is 5.31. The van der Waals surface area contributed by atoms with Crippen LogP contribution in [-0.4, -0.2) is 43.5 Å². The number of halogens is 2. The largest absolute Gasteiger partial charge is 0.504 e. The lowest BCUT2D eigenvalue weighted by molar-refractivity contribution is 0.373. The van der Waals surface area contributed by atoms with Gasteiger partial charge in [-0.3, -0.25) is 18.7 Å². The maximum Gasteiger partial charge on any atom is 0.266 e. The third kappa shape index (κ3) is 9.42. The first-order chi connectivity index (χ1) is 29.0. The number of rotatable bonds is 8. The summed E-state index contributed by atoms with van der Waals surface area (Å²) in [4.78, 5) is 36.0. The van der Waals surface area contributed by atoms with E-state index >= 15 is 0 Å². The normalized spacial score (nSPS) is 10.9. The molecule has 0 aliphatic heterocycles. The lowest BCUT2D eigenvalue weighted by Gasteiger charge is -2.14. The van der Waals surface area contributed by atoms with Gasteiger partial charge in [0.15, 0.2) is 23.0 Å². The van der Waals surface area contributed by atoms with Crippen LogP contribution < -0.4 is 20.6 Å². The Morgan fingerprint density at radius 2 is 1.06 bits per heavy atom. The molecule has 0 fully saturated rings. The van der Waals surface area contributed by atoms with Crippen LogP contribution in [0.1, 0.15) is 48.8 Å². The van der Waals surface area contributed by atoms with Gasteiger partial charge in [-0.1, -0.05) is 104 Å². The Bertz CT molecular complexity index is 3100. The zero-order chi connectivity index (χ0) is 42.5. The molecule has 2 N–H and O–H groups in total. The van der Waals surface area contributed by atoms with Crippen LogP contribution in [0.5, 0.6) is 23.0 Å². The van der Waals surface area contributed by atoms with E-state index in [9.17, 15) is 19.8 Å². The molecule has 8 rings (SSSR count). The number of fused-ring (bicyclic) bond motifs is 2. The van der Waals surface area contributed by atoms with Crippen LogP contribution in [0, 0.1) is 13.8 Å². The number of hydrogen-bond acceptors (Lipinski definition) is 8. The van der Waals surface area contributed by atoms with E-state index in [1.54, 1.807) is 108 Å². The Hall–Kier alpha value is -7.14. The predicted molar refractivity (Wildman–Crippen MR) is 255 cm³/mol. The fourth-order valence-corrected chi connectivity index (χ4v) is 6.98. The molecular weight excluding hydrogens is 823 g/mol. The number of nitrogens with zero attached hydrogens (tertiary/aromatic N) is 4. The van der Waals surface area contributed by atoms with Crippen molar-refractivity contribution in [2.45, 2.75) is 28.7 Å². The zero-order valence-electron chi connectivity index (χ0n) is 32.9. The molecule has 0 spiro atoms. The van der Waals surface area contributed by atoms with Gasteiger partial charge in [0.1, 0.15) is 11.6 Å². The van der Waals surface area contributed by atoms with Crippen molar-refractivity contribution < 1.29 is 19.7 Å². The Labute approximate surface area is 369 Å². The van der Waals surface area contributed by atoms with Crippen molar-refractivity contribution >= 4 is 69.3 Å². The Morgan fingerprint density at radius 3 is 1.56 bits per heavy atom. The minimum Gasteiger partial charge on any atom is -0.504 e. The monoisotopic (exact) mass is 868 g/mol. The van der Waals surface area contributed by atoms with Crippen LogP contribution in [0.4, 0.5) is 0 Å². The SMILES string of the molecule is C.C.COc1cccc(/C=C/c2nc3ccccc3c(=O)n2-c2ccc(C)cc2C)c1O.COc1cccc(/C=C/c2nc3ccccc3c(=O)n2-c2ccc(Cl)c(Cl)c2)c1O. The molecule has 316 valence electrons. The minimum atomic E-state index is -0.242. The smallest absolute Gasteiger partial charge is 0.266 e. The highest BCUT2D eigenvalue weighted by Gasteiger charge is 2.15. The summed E-state index contributed by atoms with van der Waals surface area (Å²) in [6.45, 7) is 4.00. The molecule has 0 saturated heterocycles. The van der Waals surface area contributed by atoms with Gasteiger partial charge in [0.05, 0.1) is 57.4 Å². The molecule has 8 aromatic rings. The lowest BCUT2D eigenvalue weighted by Crippen LogP contribution is -2.23. The number of para-hydroxylation sites is 4. The third-order valence-corrected chi connectivity index (χ3v) is 10.4. The maximum absolute atomic E-state index is 13.4. The molecule has 0 aliphatic rings. The molecule has 0 amide bonds. The van der Waals surface area contributed by atoms with E-state index in [0.717, 1.165) is 16.8 Å². The second kappa shape index (κ2) is 19.9. The van der Waals surface area contributed by atoms with Gasteiger partial charge in [-0.2, -0.15) is 0 Å². The number of aromatic hydroxyl groups is 2. The highest BCUT2D eigenvalue weighted by Crippen LogP contribution is 2.32. The average Bonchev–Trinajstić information content (AvgIpc) is 3.25. The quantitative estimate of drug-likeness (QED) is 0.154. The molecule has 0 radical (unpaired) electrons. The Morgan fingerprint density at radius 1 is 0.565 bits per heavy atom.